The summed E-state index contributed by atoms with van der Waals surface area (Å²) in [4.78, 5) is 12.4. The molecule has 0 saturated carbocycles. The third-order valence-corrected chi connectivity index (χ3v) is 2.30. The molecule has 1 heterocycles. The SMILES string of the molecule is CC.CN1CCc2ccc(N=O)cc21.CO. The predicted octanol–water partition coefficient (Wildman–Crippen LogP) is 2.71. The molecule has 0 aromatic heterocycles. The number of anilines is 1. The standard InChI is InChI=1S/C9H10N2O.C2H6.CH4O/c1-11-5-4-7-2-3-8(10-12)6-9(7)11;2*1-2/h2-3,6H,4-5H2,1H3;1-2H3;2H,1H3. The summed E-state index contributed by atoms with van der Waals surface area (Å²) in [5.74, 6) is 0. The molecular weight excluding hydrogens is 204 g/mol. The van der Waals surface area contributed by atoms with E-state index in [1.54, 1.807) is 6.07 Å². The van der Waals surface area contributed by atoms with E-state index in [9.17, 15) is 4.91 Å². The molecular formula is C12H20N2O2. The Labute approximate surface area is 96.9 Å². The predicted molar refractivity (Wildman–Crippen MR) is 68.4 cm³/mol. The maximum atomic E-state index is 10.2. The molecule has 0 radical (unpaired) electrons. The number of nitrogens with zero attached hydrogens (tertiary/aromatic N) is 2. The molecule has 90 valence electrons. The highest BCUT2D eigenvalue weighted by Crippen LogP contribution is 2.30. The molecule has 1 aliphatic heterocycles. The molecule has 4 nitrogen and oxygen atoms in total. The lowest BCUT2D eigenvalue weighted by atomic mass is 10.1. The lowest BCUT2D eigenvalue weighted by Crippen LogP contribution is -2.12. The van der Waals surface area contributed by atoms with Gasteiger partial charge in [0.15, 0.2) is 0 Å². The molecule has 0 saturated heterocycles. The van der Waals surface area contributed by atoms with Crippen molar-refractivity contribution in [2.45, 2.75) is 20.3 Å². The van der Waals surface area contributed by atoms with Gasteiger partial charge in [-0.1, -0.05) is 19.9 Å². The van der Waals surface area contributed by atoms with Gasteiger partial charge in [0.2, 0.25) is 0 Å². The van der Waals surface area contributed by atoms with Gasteiger partial charge < -0.3 is 10.0 Å². The third-order valence-electron chi connectivity index (χ3n) is 2.30. The number of aliphatic hydroxyl groups excluding tert-OH is 1. The molecule has 1 N–H and O–H groups in total. The molecule has 0 fully saturated rings. The van der Waals surface area contributed by atoms with Crippen LogP contribution in [0.25, 0.3) is 0 Å². The maximum Gasteiger partial charge on any atom is 0.110 e. The van der Waals surface area contributed by atoms with Gasteiger partial charge in [-0.15, -0.1) is 4.91 Å². The van der Waals surface area contributed by atoms with E-state index < -0.39 is 0 Å². The zero-order valence-electron chi connectivity index (χ0n) is 10.4. The van der Waals surface area contributed by atoms with Gasteiger partial charge in [0.05, 0.1) is 0 Å². The Morgan fingerprint density at radius 2 is 1.94 bits per heavy atom. The summed E-state index contributed by atoms with van der Waals surface area (Å²) >= 11 is 0. The largest absolute Gasteiger partial charge is 0.400 e. The van der Waals surface area contributed by atoms with Crippen LogP contribution in [-0.4, -0.2) is 25.8 Å². The Balaban J connectivity index is 0.000000509. The zero-order valence-corrected chi connectivity index (χ0v) is 10.4. The molecule has 0 amide bonds. The minimum atomic E-state index is 0.516. The lowest BCUT2D eigenvalue weighted by Gasteiger charge is -2.10. The molecule has 1 aliphatic rings. The molecule has 0 unspecified atom stereocenters. The molecule has 4 heteroatoms. The molecule has 1 aromatic carbocycles. The number of hydrogen-bond donors (Lipinski definition) is 1. The Bertz CT molecular complexity index is 327. The van der Waals surface area contributed by atoms with E-state index in [1.807, 2.05) is 33.0 Å². The van der Waals surface area contributed by atoms with Crippen molar-refractivity contribution in [1.82, 2.24) is 0 Å². The first-order valence-corrected chi connectivity index (χ1v) is 5.43. The van der Waals surface area contributed by atoms with Crippen LogP contribution in [0.2, 0.25) is 0 Å². The first kappa shape index (κ1) is 14.6. The Morgan fingerprint density at radius 3 is 2.50 bits per heavy atom. The van der Waals surface area contributed by atoms with Crippen molar-refractivity contribution in [3.8, 4) is 0 Å². The third kappa shape index (κ3) is 3.31. The van der Waals surface area contributed by atoms with Gasteiger partial charge in [-0.2, -0.15) is 0 Å². The number of benzene rings is 1. The number of hydrogen-bond acceptors (Lipinski definition) is 4. The van der Waals surface area contributed by atoms with E-state index in [1.165, 1.54) is 5.56 Å². The fraction of sp³-hybridized carbons (Fsp3) is 0.500. The van der Waals surface area contributed by atoms with Crippen molar-refractivity contribution in [1.29, 1.82) is 0 Å². The van der Waals surface area contributed by atoms with Gasteiger partial charge in [0.25, 0.3) is 0 Å². The average molecular weight is 224 g/mol. The minimum Gasteiger partial charge on any atom is -0.400 e. The second kappa shape index (κ2) is 7.82. The van der Waals surface area contributed by atoms with E-state index >= 15 is 0 Å². The summed E-state index contributed by atoms with van der Waals surface area (Å²) in [5, 5.41) is 9.91. The number of fused-ring (bicyclic) bond motifs is 1. The molecule has 1 aromatic rings. The fourth-order valence-corrected chi connectivity index (χ4v) is 1.58. The molecule has 0 bridgehead atoms. The summed E-state index contributed by atoms with van der Waals surface area (Å²) in [5.41, 5.74) is 2.97. The summed E-state index contributed by atoms with van der Waals surface area (Å²) in [6.45, 7) is 5.04. The minimum absolute atomic E-state index is 0.516. The van der Waals surface area contributed by atoms with Gasteiger partial charge in [-0.25, -0.2) is 0 Å². The van der Waals surface area contributed by atoms with Crippen LogP contribution < -0.4 is 4.90 Å². The van der Waals surface area contributed by atoms with Gasteiger partial charge in [0.1, 0.15) is 5.69 Å². The van der Waals surface area contributed by atoms with E-state index in [2.05, 4.69) is 10.1 Å². The summed E-state index contributed by atoms with van der Waals surface area (Å²) in [6, 6.07) is 5.59. The van der Waals surface area contributed by atoms with Crippen molar-refractivity contribution in [3.05, 3.63) is 28.7 Å². The number of likely N-dealkylation sites (N-methyl/N-ethyl adjacent to an activating group) is 1. The van der Waals surface area contributed by atoms with Gasteiger partial charge in [-0.3, -0.25) is 0 Å². The van der Waals surface area contributed by atoms with Crippen molar-refractivity contribution >= 4 is 11.4 Å². The van der Waals surface area contributed by atoms with Gasteiger partial charge in [0, 0.05) is 26.4 Å². The zero-order chi connectivity index (χ0) is 12.6. The number of rotatable bonds is 1. The van der Waals surface area contributed by atoms with Crippen LogP contribution in [0, 0.1) is 4.91 Å². The maximum absolute atomic E-state index is 10.2. The smallest absolute Gasteiger partial charge is 0.110 e. The highest BCUT2D eigenvalue weighted by molar-refractivity contribution is 5.63. The van der Waals surface area contributed by atoms with Crippen LogP contribution in [0.1, 0.15) is 19.4 Å². The van der Waals surface area contributed by atoms with E-state index in [0.717, 1.165) is 25.8 Å². The Hall–Kier alpha value is -1.42. The van der Waals surface area contributed by atoms with Crippen molar-refractivity contribution in [2.24, 2.45) is 5.18 Å². The summed E-state index contributed by atoms with van der Waals surface area (Å²) in [7, 11) is 3.03. The van der Waals surface area contributed by atoms with E-state index in [4.69, 9.17) is 5.11 Å². The normalized spacial score (nSPS) is 11.7. The van der Waals surface area contributed by atoms with Crippen molar-refractivity contribution < 1.29 is 5.11 Å². The highest BCUT2D eigenvalue weighted by Gasteiger charge is 2.15. The summed E-state index contributed by atoms with van der Waals surface area (Å²) in [6.07, 6.45) is 1.07. The Kier molecular flexibility index (Phi) is 7.12. The van der Waals surface area contributed by atoms with Crippen LogP contribution in [0.4, 0.5) is 11.4 Å². The molecule has 2 rings (SSSR count). The highest BCUT2D eigenvalue weighted by atomic mass is 16.3. The second-order valence-electron chi connectivity index (χ2n) is 3.08. The van der Waals surface area contributed by atoms with E-state index in [-0.39, 0.29) is 0 Å². The topological polar surface area (TPSA) is 52.9 Å². The monoisotopic (exact) mass is 224 g/mol. The van der Waals surface area contributed by atoms with E-state index in [0.29, 0.717) is 5.69 Å². The second-order valence-corrected chi connectivity index (χ2v) is 3.08. The quantitative estimate of drug-likeness (QED) is 0.746. The molecule has 0 atom stereocenters. The lowest BCUT2D eigenvalue weighted by molar-refractivity contribution is 0.399. The average Bonchev–Trinajstić information content (AvgIpc) is 2.75. The molecule has 16 heavy (non-hydrogen) atoms. The number of nitroso groups, excluding NO2 is 1. The van der Waals surface area contributed by atoms with Crippen LogP contribution in [-0.2, 0) is 6.42 Å². The number of aliphatic hydroxyl groups is 1. The molecule has 0 spiro atoms. The first-order valence-electron chi connectivity index (χ1n) is 5.43. The Morgan fingerprint density at radius 1 is 1.31 bits per heavy atom. The van der Waals surface area contributed by atoms with Crippen LogP contribution in [0.5, 0.6) is 0 Å². The molecule has 0 aliphatic carbocycles. The summed E-state index contributed by atoms with van der Waals surface area (Å²) < 4.78 is 0. The fourth-order valence-electron chi connectivity index (χ4n) is 1.58. The van der Waals surface area contributed by atoms with Crippen LogP contribution in [0.3, 0.4) is 0 Å². The van der Waals surface area contributed by atoms with Crippen LogP contribution >= 0.6 is 0 Å². The van der Waals surface area contributed by atoms with Crippen molar-refractivity contribution in [2.75, 3.05) is 25.6 Å². The van der Waals surface area contributed by atoms with Gasteiger partial charge >= 0.3 is 0 Å². The van der Waals surface area contributed by atoms with Crippen LogP contribution in [0.15, 0.2) is 23.4 Å². The van der Waals surface area contributed by atoms with Gasteiger partial charge in [-0.05, 0) is 29.3 Å². The van der Waals surface area contributed by atoms with Crippen molar-refractivity contribution in [3.63, 3.8) is 0 Å². The first-order chi connectivity index (χ1) is 7.81.